The molecule has 1 N–H and O–H groups in total. The molecule has 5 atom stereocenters. The van der Waals surface area contributed by atoms with Crippen molar-refractivity contribution in [2.24, 2.45) is 28.6 Å². The summed E-state index contributed by atoms with van der Waals surface area (Å²) in [5.74, 6) is 2.17. The minimum absolute atomic E-state index is 0.0291. The molecule has 1 nitrogen and oxygen atoms in total. The van der Waals surface area contributed by atoms with Crippen molar-refractivity contribution >= 4 is 0 Å². The predicted octanol–water partition coefficient (Wildman–Crippen LogP) is 3.39. The molecule has 4 bridgehead atoms. The third-order valence-electron chi connectivity index (χ3n) is 6.22. The Morgan fingerprint density at radius 1 is 1.19 bits per heavy atom. The molecule has 3 aliphatic carbocycles. The van der Waals surface area contributed by atoms with Crippen LogP contribution in [0.4, 0.5) is 0 Å². The summed E-state index contributed by atoms with van der Waals surface area (Å²) < 4.78 is 0. The molecule has 5 unspecified atom stereocenters. The summed E-state index contributed by atoms with van der Waals surface area (Å²) in [7, 11) is 0. The molecule has 3 aliphatic rings. The van der Waals surface area contributed by atoms with Crippen molar-refractivity contribution in [3.05, 3.63) is 12.2 Å². The first-order chi connectivity index (χ1) is 7.39. The van der Waals surface area contributed by atoms with Gasteiger partial charge in [-0.2, -0.15) is 0 Å². The van der Waals surface area contributed by atoms with Gasteiger partial charge in [0.1, 0.15) is 0 Å². The first kappa shape index (κ1) is 10.8. The van der Waals surface area contributed by atoms with Gasteiger partial charge in [-0.25, -0.2) is 0 Å². The molecule has 1 heteroatoms. The van der Waals surface area contributed by atoms with Crippen molar-refractivity contribution in [2.75, 3.05) is 0 Å². The molecule has 3 fully saturated rings. The lowest BCUT2D eigenvalue weighted by Gasteiger charge is -2.39. The van der Waals surface area contributed by atoms with E-state index in [1.54, 1.807) is 0 Å². The first-order valence-corrected chi connectivity index (χ1v) is 6.76. The van der Waals surface area contributed by atoms with Crippen LogP contribution in [-0.2, 0) is 0 Å². The molecule has 0 radical (unpaired) electrons. The van der Waals surface area contributed by atoms with E-state index in [0.29, 0.717) is 17.3 Å². The summed E-state index contributed by atoms with van der Waals surface area (Å²) in [6, 6.07) is 0. The van der Waals surface area contributed by atoms with Crippen LogP contribution in [0.1, 0.15) is 46.5 Å². The third kappa shape index (κ3) is 1.01. The van der Waals surface area contributed by atoms with E-state index in [0.717, 1.165) is 12.3 Å². The van der Waals surface area contributed by atoms with Crippen molar-refractivity contribution in [2.45, 2.75) is 52.6 Å². The molecular weight excluding hydrogens is 196 g/mol. The van der Waals surface area contributed by atoms with E-state index < -0.39 is 0 Å². The topological polar surface area (TPSA) is 20.2 Å². The fraction of sp³-hybridized carbons (Fsp3) is 0.867. The van der Waals surface area contributed by atoms with Gasteiger partial charge in [-0.1, -0.05) is 32.9 Å². The largest absolute Gasteiger partial charge is 0.392 e. The lowest BCUT2D eigenvalue weighted by atomic mass is 9.67. The third-order valence-corrected chi connectivity index (χ3v) is 6.22. The molecule has 0 aromatic heterocycles. The van der Waals surface area contributed by atoms with Crippen LogP contribution in [0.5, 0.6) is 0 Å². The number of hydrogen-bond donors (Lipinski definition) is 1. The van der Waals surface area contributed by atoms with Gasteiger partial charge < -0.3 is 5.11 Å². The van der Waals surface area contributed by atoms with E-state index in [1.807, 2.05) is 0 Å². The zero-order chi connectivity index (χ0) is 11.7. The Morgan fingerprint density at radius 3 is 2.56 bits per heavy atom. The predicted molar refractivity (Wildman–Crippen MR) is 66.0 cm³/mol. The second kappa shape index (κ2) is 2.93. The molecular formula is C15H24O. The van der Waals surface area contributed by atoms with E-state index in [4.69, 9.17) is 0 Å². The van der Waals surface area contributed by atoms with E-state index in [9.17, 15) is 5.11 Å². The molecule has 3 rings (SSSR count). The molecule has 0 spiro atoms. The van der Waals surface area contributed by atoms with E-state index >= 15 is 0 Å². The Morgan fingerprint density at radius 2 is 1.88 bits per heavy atom. The quantitative estimate of drug-likeness (QED) is 0.620. The Bertz CT molecular complexity index is 343. The summed E-state index contributed by atoms with van der Waals surface area (Å²) in [6.45, 7) is 11.4. The van der Waals surface area contributed by atoms with Crippen LogP contribution in [0.3, 0.4) is 0 Å². The second-order valence-corrected chi connectivity index (χ2v) is 7.17. The maximum atomic E-state index is 10.5. The van der Waals surface area contributed by atoms with Gasteiger partial charge in [0.15, 0.2) is 0 Å². The van der Waals surface area contributed by atoms with Crippen LogP contribution < -0.4 is 0 Å². The number of hydrogen-bond acceptors (Lipinski definition) is 1. The Balaban J connectivity index is 2.13. The molecule has 0 aliphatic heterocycles. The van der Waals surface area contributed by atoms with E-state index in [1.165, 1.54) is 24.8 Å². The SMILES string of the molecule is C=C1C2CCC3C2C(C)(C)CCC(O)C13C. The molecule has 0 aromatic rings. The Labute approximate surface area is 98.9 Å². The van der Waals surface area contributed by atoms with E-state index in [-0.39, 0.29) is 11.5 Å². The van der Waals surface area contributed by atoms with Gasteiger partial charge in [-0.3, -0.25) is 0 Å². The summed E-state index contributed by atoms with van der Waals surface area (Å²) in [6.07, 6.45) is 4.61. The average Bonchev–Trinajstić information content (AvgIpc) is 2.72. The number of aliphatic hydroxyl groups is 1. The molecule has 0 aromatic carbocycles. The van der Waals surface area contributed by atoms with Gasteiger partial charge >= 0.3 is 0 Å². The van der Waals surface area contributed by atoms with Gasteiger partial charge in [0.25, 0.3) is 0 Å². The van der Waals surface area contributed by atoms with Crippen molar-refractivity contribution < 1.29 is 5.11 Å². The van der Waals surface area contributed by atoms with Crippen LogP contribution in [0.25, 0.3) is 0 Å². The van der Waals surface area contributed by atoms with Gasteiger partial charge in [0, 0.05) is 5.41 Å². The molecule has 0 amide bonds. The Kier molecular flexibility index (Phi) is 1.98. The molecule has 3 saturated carbocycles. The van der Waals surface area contributed by atoms with Crippen molar-refractivity contribution in [3.8, 4) is 0 Å². The zero-order valence-corrected chi connectivity index (χ0v) is 10.8. The number of aliphatic hydroxyl groups excluding tert-OH is 1. The van der Waals surface area contributed by atoms with Gasteiger partial charge in [0.05, 0.1) is 6.10 Å². The van der Waals surface area contributed by atoms with E-state index in [2.05, 4.69) is 27.4 Å². The standard InChI is InChI=1S/C15H24O/c1-9-10-5-6-11-13(10)14(2,3)8-7-12(16)15(9,11)4/h10-13,16H,1,5-8H2,2-4H3. The van der Waals surface area contributed by atoms with Gasteiger partial charge in [0.2, 0.25) is 0 Å². The smallest absolute Gasteiger partial charge is 0.0633 e. The fourth-order valence-corrected chi connectivity index (χ4v) is 5.23. The first-order valence-electron chi connectivity index (χ1n) is 6.76. The minimum Gasteiger partial charge on any atom is -0.392 e. The fourth-order valence-electron chi connectivity index (χ4n) is 5.23. The monoisotopic (exact) mass is 220 g/mol. The van der Waals surface area contributed by atoms with Crippen molar-refractivity contribution in [1.29, 1.82) is 0 Å². The maximum absolute atomic E-state index is 10.5. The average molecular weight is 220 g/mol. The molecule has 0 saturated heterocycles. The lowest BCUT2D eigenvalue weighted by Crippen LogP contribution is -2.38. The van der Waals surface area contributed by atoms with Crippen molar-refractivity contribution in [3.63, 3.8) is 0 Å². The number of rotatable bonds is 0. The maximum Gasteiger partial charge on any atom is 0.0633 e. The van der Waals surface area contributed by atoms with Crippen LogP contribution in [0.15, 0.2) is 12.2 Å². The zero-order valence-electron chi connectivity index (χ0n) is 10.8. The normalized spacial score (nSPS) is 54.1. The van der Waals surface area contributed by atoms with Crippen LogP contribution >= 0.6 is 0 Å². The second-order valence-electron chi connectivity index (χ2n) is 7.17. The molecule has 90 valence electrons. The summed E-state index contributed by atoms with van der Waals surface area (Å²) >= 11 is 0. The highest BCUT2D eigenvalue weighted by Gasteiger charge is 2.64. The van der Waals surface area contributed by atoms with Gasteiger partial charge in [-0.15, -0.1) is 0 Å². The van der Waals surface area contributed by atoms with Crippen LogP contribution in [-0.4, -0.2) is 11.2 Å². The van der Waals surface area contributed by atoms with Crippen molar-refractivity contribution in [1.82, 2.24) is 0 Å². The van der Waals surface area contributed by atoms with Gasteiger partial charge in [-0.05, 0) is 48.9 Å². The highest BCUT2D eigenvalue weighted by atomic mass is 16.3. The molecule has 0 heterocycles. The lowest BCUT2D eigenvalue weighted by molar-refractivity contribution is 0.0249. The Hall–Kier alpha value is -0.300. The van der Waals surface area contributed by atoms with Crippen LogP contribution in [0.2, 0.25) is 0 Å². The summed E-state index contributed by atoms with van der Waals surface area (Å²) in [4.78, 5) is 0. The highest BCUT2D eigenvalue weighted by molar-refractivity contribution is 5.31. The van der Waals surface area contributed by atoms with Crippen LogP contribution in [0, 0.1) is 28.6 Å². The minimum atomic E-state index is -0.153. The summed E-state index contributed by atoms with van der Waals surface area (Å²) in [5.41, 5.74) is 1.79. The highest BCUT2D eigenvalue weighted by Crippen LogP contribution is 2.69. The summed E-state index contributed by atoms with van der Waals surface area (Å²) in [5, 5.41) is 10.5. The molecule has 16 heavy (non-hydrogen) atoms.